The molecule has 19 nitrogen and oxygen atoms in total. The molecule has 2 atom stereocenters. The van der Waals surface area contributed by atoms with Crippen molar-refractivity contribution >= 4 is 48.0 Å². The molecule has 1 rings (SSSR count). The number of carbonyl (C=O) groups is 8. The quantitative estimate of drug-likeness (QED) is 0.0322. The Morgan fingerprint density at radius 3 is 1.46 bits per heavy atom. The molecule has 68 heavy (non-hydrogen) atoms. The minimum absolute atomic E-state index is 0.0178. The van der Waals surface area contributed by atoms with Crippen LogP contribution in [0.25, 0.3) is 0 Å². The smallest absolute Gasteiger partial charge is 0.408 e. The molecule has 382 valence electrons. The Balaban J connectivity index is 2.56. The zero-order valence-electron chi connectivity index (χ0n) is 41.9. The molecule has 0 aliphatic rings. The van der Waals surface area contributed by atoms with E-state index in [4.69, 9.17) is 28.4 Å². The molecule has 1 unspecified atom stereocenters. The molecule has 0 saturated heterocycles. The summed E-state index contributed by atoms with van der Waals surface area (Å²) in [7, 11) is 2.46. The maximum absolute atomic E-state index is 12.8. The Labute approximate surface area is 402 Å². The highest BCUT2D eigenvalue weighted by atomic mass is 16.6. The summed E-state index contributed by atoms with van der Waals surface area (Å²) in [5, 5.41) is 7.94. The summed E-state index contributed by atoms with van der Waals surface area (Å²) in [5.41, 5.74) is -0.699. The van der Waals surface area contributed by atoms with Crippen LogP contribution in [0.2, 0.25) is 0 Å². The van der Waals surface area contributed by atoms with E-state index < -0.39 is 59.3 Å². The van der Waals surface area contributed by atoms with Gasteiger partial charge in [0.2, 0.25) is 11.8 Å². The predicted octanol–water partition coefficient (Wildman–Crippen LogP) is 6.28. The number of ether oxygens (including phenoxy) is 6. The summed E-state index contributed by atoms with van der Waals surface area (Å²) >= 11 is 0. The normalized spacial score (nSPS) is 12.1. The van der Waals surface area contributed by atoms with Crippen LogP contribution in [-0.2, 0) is 63.6 Å². The van der Waals surface area contributed by atoms with Crippen molar-refractivity contribution in [1.82, 2.24) is 25.8 Å². The van der Waals surface area contributed by atoms with Crippen LogP contribution in [0.3, 0.4) is 0 Å². The summed E-state index contributed by atoms with van der Waals surface area (Å²) in [5.74, 6) is -2.63. The lowest BCUT2D eigenvalue weighted by Crippen LogP contribution is -2.43. The van der Waals surface area contributed by atoms with Crippen LogP contribution in [0.15, 0.2) is 49.6 Å². The molecule has 0 spiro atoms. The molecule has 19 heteroatoms. The SMILES string of the molecule is C=CC(=O)N(CCOC(=O)CC(CCCCNC(=O)OC(C)(C)c1ccc(C(C)(C)OC(=O)NCCCC[C@H](NC(=O)OCCN(CC(C)C)C(=O)C=C)C(=O)OC)cc1)C(=O)OC)CC(C)C. The molecule has 0 saturated carbocycles. The molecular formula is C49H77N5O14. The van der Waals surface area contributed by atoms with E-state index in [0.29, 0.717) is 56.3 Å². The van der Waals surface area contributed by atoms with Crippen molar-refractivity contribution in [2.24, 2.45) is 17.8 Å². The first kappa shape index (κ1) is 59.9. The number of alkyl carbamates (subject to hydrolysis) is 3. The molecule has 0 bridgehead atoms. The lowest BCUT2D eigenvalue weighted by molar-refractivity contribution is -0.154. The van der Waals surface area contributed by atoms with Gasteiger partial charge in [0, 0.05) is 26.2 Å². The van der Waals surface area contributed by atoms with Gasteiger partial charge < -0.3 is 54.2 Å². The highest BCUT2D eigenvalue weighted by Crippen LogP contribution is 2.30. The van der Waals surface area contributed by atoms with Crippen LogP contribution in [0.5, 0.6) is 0 Å². The average Bonchev–Trinajstić information content (AvgIpc) is 3.28. The topological polar surface area (TPSA) is 235 Å². The van der Waals surface area contributed by atoms with E-state index in [2.05, 4.69) is 29.1 Å². The highest BCUT2D eigenvalue weighted by Gasteiger charge is 2.30. The monoisotopic (exact) mass is 960 g/mol. The van der Waals surface area contributed by atoms with Crippen molar-refractivity contribution in [2.75, 3.05) is 66.7 Å². The van der Waals surface area contributed by atoms with Gasteiger partial charge in [-0.1, -0.05) is 71.5 Å². The van der Waals surface area contributed by atoms with Crippen LogP contribution in [0, 0.1) is 17.8 Å². The third-order valence-corrected chi connectivity index (χ3v) is 10.5. The standard InChI is InChI=1S/C49H77N5O14/c1-13-40(55)53(32-34(3)4)27-29-65-42(57)31-36(43(58)63-11)19-15-17-25-50-45(60)67-48(7,8)37-21-23-38(24-22-37)49(9,10)68-46(61)51-26-18-16-20-39(44(59)64-12)52-47(62)66-30-28-54(33-35(5)6)41(56)14-2/h13-14,21-24,34-36,39H,1-2,15-20,25-33H2,3-12H3,(H,50,60)(H,51,61)(H,52,62)/t36?,39-/m0/s1. The number of unbranched alkanes of at least 4 members (excludes halogenated alkanes) is 2. The van der Waals surface area contributed by atoms with Crippen LogP contribution >= 0.6 is 0 Å². The number of esters is 3. The molecule has 1 aromatic rings. The fourth-order valence-electron chi connectivity index (χ4n) is 6.84. The van der Waals surface area contributed by atoms with Crippen LogP contribution in [0.1, 0.15) is 111 Å². The van der Waals surface area contributed by atoms with Gasteiger partial charge in [0.15, 0.2) is 0 Å². The van der Waals surface area contributed by atoms with Gasteiger partial charge in [-0.15, -0.1) is 0 Å². The van der Waals surface area contributed by atoms with Gasteiger partial charge in [0.25, 0.3) is 0 Å². The lowest BCUT2D eigenvalue weighted by Gasteiger charge is -2.28. The molecule has 5 amide bonds. The Morgan fingerprint density at radius 2 is 1.04 bits per heavy atom. The molecule has 3 N–H and O–H groups in total. The zero-order chi connectivity index (χ0) is 51.5. The van der Waals surface area contributed by atoms with Gasteiger partial charge in [0.1, 0.15) is 30.5 Å². The van der Waals surface area contributed by atoms with E-state index in [0.717, 1.165) is 0 Å². The van der Waals surface area contributed by atoms with Crippen molar-refractivity contribution in [1.29, 1.82) is 0 Å². The second-order valence-corrected chi connectivity index (χ2v) is 18.0. The van der Waals surface area contributed by atoms with E-state index in [1.54, 1.807) is 56.9 Å². The Kier molecular flexibility index (Phi) is 27.3. The number of nitrogens with zero attached hydrogens (tertiary/aromatic N) is 2. The van der Waals surface area contributed by atoms with Gasteiger partial charge in [-0.25, -0.2) is 19.2 Å². The van der Waals surface area contributed by atoms with Crippen LogP contribution in [0.4, 0.5) is 14.4 Å². The molecule has 0 aliphatic heterocycles. The second kappa shape index (κ2) is 31.0. The molecule has 0 heterocycles. The second-order valence-electron chi connectivity index (χ2n) is 18.0. The summed E-state index contributed by atoms with van der Waals surface area (Å²) in [4.78, 5) is 103. The highest BCUT2D eigenvalue weighted by molar-refractivity contribution is 5.87. The van der Waals surface area contributed by atoms with Gasteiger partial charge in [-0.2, -0.15) is 0 Å². The Morgan fingerprint density at radius 1 is 0.618 bits per heavy atom. The fourth-order valence-corrected chi connectivity index (χ4v) is 6.84. The van der Waals surface area contributed by atoms with Gasteiger partial charge in [0.05, 0.1) is 39.6 Å². The predicted molar refractivity (Wildman–Crippen MR) is 254 cm³/mol. The number of rotatable bonds is 31. The fraction of sp³-hybridized carbons (Fsp3) is 0.633. The number of methoxy groups -OCH3 is 2. The van der Waals surface area contributed by atoms with E-state index >= 15 is 0 Å². The number of nitrogens with one attached hydrogen (secondary N) is 3. The third kappa shape index (κ3) is 23.5. The average molecular weight is 960 g/mol. The molecular weight excluding hydrogens is 883 g/mol. The summed E-state index contributed by atoms with van der Waals surface area (Å²) in [6.07, 6.45) is 2.54. The van der Waals surface area contributed by atoms with E-state index in [9.17, 15) is 38.4 Å². The molecule has 0 radical (unpaired) electrons. The summed E-state index contributed by atoms with van der Waals surface area (Å²) in [6, 6.07) is 6.12. The zero-order valence-corrected chi connectivity index (χ0v) is 41.9. The lowest BCUT2D eigenvalue weighted by atomic mass is 9.92. The van der Waals surface area contributed by atoms with Crippen molar-refractivity contribution in [3.8, 4) is 0 Å². The Hall–Kier alpha value is -6.14. The maximum atomic E-state index is 12.8. The number of hydrogen-bond acceptors (Lipinski definition) is 14. The summed E-state index contributed by atoms with van der Waals surface area (Å²) in [6.45, 7) is 23.5. The van der Waals surface area contributed by atoms with Crippen molar-refractivity contribution in [3.63, 3.8) is 0 Å². The first-order valence-corrected chi connectivity index (χ1v) is 23.1. The van der Waals surface area contributed by atoms with E-state index in [1.807, 2.05) is 27.7 Å². The number of carbonyl (C=O) groups excluding carboxylic acids is 8. The first-order chi connectivity index (χ1) is 32.0. The minimum Gasteiger partial charge on any atom is -0.469 e. The van der Waals surface area contributed by atoms with E-state index in [1.165, 1.54) is 31.3 Å². The number of amides is 5. The van der Waals surface area contributed by atoms with Crippen molar-refractivity contribution in [2.45, 2.75) is 118 Å². The Bertz CT molecular complexity index is 1690. The van der Waals surface area contributed by atoms with Gasteiger partial charge >= 0.3 is 36.2 Å². The maximum Gasteiger partial charge on any atom is 0.408 e. The van der Waals surface area contributed by atoms with Crippen molar-refractivity contribution < 1.29 is 66.8 Å². The van der Waals surface area contributed by atoms with Gasteiger partial charge in [-0.3, -0.25) is 19.2 Å². The molecule has 0 fully saturated rings. The van der Waals surface area contributed by atoms with Crippen molar-refractivity contribution in [3.05, 3.63) is 60.7 Å². The van der Waals surface area contributed by atoms with Crippen LogP contribution in [-0.4, -0.2) is 131 Å². The number of benzene rings is 1. The van der Waals surface area contributed by atoms with Gasteiger partial charge in [-0.05, 0) is 94.9 Å². The van der Waals surface area contributed by atoms with Crippen LogP contribution < -0.4 is 16.0 Å². The van der Waals surface area contributed by atoms with E-state index in [-0.39, 0.29) is 75.9 Å². The minimum atomic E-state index is -1.04. The third-order valence-electron chi connectivity index (χ3n) is 10.5. The molecule has 0 aromatic heterocycles. The molecule has 1 aromatic carbocycles. The number of hydrogen-bond donors (Lipinski definition) is 3. The first-order valence-electron chi connectivity index (χ1n) is 23.1. The largest absolute Gasteiger partial charge is 0.469 e. The molecule has 0 aliphatic carbocycles. The summed E-state index contributed by atoms with van der Waals surface area (Å²) < 4.78 is 31.7.